The van der Waals surface area contributed by atoms with Gasteiger partial charge < -0.3 is 0 Å². The Morgan fingerprint density at radius 2 is 1.90 bits per heavy atom. The molecule has 2 aromatic carbocycles. The molecule has 20 heavy (non-hydrogen) atoms. The van der Waals surface area contributed by atoms with Crippen molar-refractivity contribution in [2.75, 3.05) is 0 Å². The minimum Gasteiger partial charge on any atom is -0.295 e. The summed E-state index contributed by atoms with van der Waals surface area (Å²) in [5, 5.41) is 0. The van der Waals surface area contributed by atoms with Crippen LogP contribution < -0.4 is 0 Å². The zero-order valence-electron chi connectivity index (χ0n) is 10.7. The SMILES string of the molecule is Cc1ccc2c(c1)nc(CCl)n2-c1ccc(F)c(F)c1. The topological polar surface area (TPSA) is 17.8 Å². The van der Waals surface area contributed by atoms with Gasteiger partial charge in [0.2, 0.25) is 0 Å². The van der Waals surface area contributed by atoms with Crippen LogP contribution in [-0.2, 0) is 5.88 Å². The van der Waals surface area contributed by atoms with Crippen LogP contribution in [0, 0.1) is 18.6 Å². The van der Waals surface area contributed by atoms with Gasteiger partial charge in [0.25, 0.3) is 0 Å². The highest BCUT2D eigenvalue weighted by Gasteiger charge is 2.13. The highest BCUT2D eigenvalue weighted by Crippen LogP contribution is 2.24. The lowest BCUT2D eigenvalue weighted by Crippen LogP contribution is -2.00. The van der Waals surface area contributed by atoms with E-state index in [0.717, 1.165) is 28.7 Å². The number of hydrogen-bond acceptors (Lipinski definition) is 1. The Balaban J connectivity index is 2.30. The number of alkyl halides is 1. The summed E-state index contributed by atoms with van der Waals surface area (Å²) in [6, 6.07) is 9.53. The van der Waals surface area contributed by atoms with Crippen LogP contribution in [0.25, 0.3) is 16.7 Å². The Morgan fingerprint density at radius 1 is 1.10 bits per heavy atom. The molecule has 3 aromatic rings. The third-order valence-corrected chi connectivity index (χ3v) is 3.40. The van der Waals surface area contributed by atoms with Crippen molar-refractivity contribution in [1.82, 2.24) is 9.55 Å². The molecule has 0 aliphatic carbocycles. The van der Waals surface area contributed by atoms with Crippen molar-refractivity contribution in [2.45, 2.75) is 12.8 Å². The highest BCUT2D eigenvalue weighted by molar-refractivity contribution is 6.17. The fourth-order valence-electron chi connectivity index (χ4n) is 2.24. The number of aryl methyl sites for hydroxylation is 1. The van der Waals surface area contributed by atoms with Crippen molar-refractivity contribution in [3.63, 3.8) is 0 Å². The van der Waals surface area contributed by atoms with Crippen molar-refractivity contribution < 1.29 is 8.78 Å². The Labute approximate surface area is 119 Å². The van der Waals surface area contributed by atoms with Crippen molar-refractivity contribution >= 4 is 22.6 Å². The van der Waals surface area contributed by atoms with E-state index in [0.29, 0.717) is 11.5 Å². The summed E-state index contributed by atoms with van der Waals surface area (Å²) >= 11 is 5.91. The van der Waals surface area contributed by atoms with Gasteiger partial charge in [0.1, 0.15) is 5.82 Å². The molecule has 0 amide bonds. The van der Waals surface area contributed by atoms with Gasteiger partial charge in [-0.2, -0.15) is 0 Å². The largest absolute Gasteiger partial charge is 0.295 e. The second-order valence-electron chi connectivity index (χ2n) is 4.59. The van der Waals surface area contributed by atoms with E-state index >= 15 is 0 Å². The molecule has 2 nitrogen and oxygen atoms in total. The average Bonchev–Trinajstić information content (AvgIpc) is 2.79. The van der Waals surface area contributed by atoms with Crippen LogP contribution in [0.1, 0.15) is 11.4 Å². The number of nitrogens with zero attached hydrogens (tertiary/aromatic N) is 2. The van der Waals surface area contributed by atoms with Crippen molar-refractivity contribution in [1.29, 1.82) is 0 Å². The second-order valence-corrected chi connectivity index (χ2v) is 4.85. The number of fused-ring (bicyclic) bond motifs is 1. The number of aromatic nitrogens is 2. The van der Waals surface area contributed by atoms with Crippen LogP contribution in [-0.4, -0.2) is 9.55 Å². The van der Waals surface area contributed by atoms with E-state index in [9.17, 15) is 8.78 Å². The van der Waals surface area contributed by atoms with Gasteiger partial charge >= 0.3 is 0 Å². The first-order chi connectivity index (χ1) is 9.60. The third kappa shape index (κ3) is 2.06. The maximum absolute atomic E-state index is 13.4. The maximum atomic E-state index is 13.4. The van der Waals surface area contributed by atoms with Crippen LogP contribution >= 0.6 is 11.6 Å². The Hall–Kier alpha value is -1.94. The molecule has 0 aliphatic heterocycles. The summed E-state index contributed by atoms with van der Waals surface area (Å²) in [7, 11) is 0. The summed E-state index contributed by atoms with van der Waals surface area (Å²) in [6.07, 6.45) is 0. The molecule has 0 unspecified atom stereocenters. The fraction of sp³-hybridized carbons (Fsp3) is 0.133. The predicted molar refractivity (Wildman–Crippen MR) is 75.3 cm³/mol. The molecule has 0 saturated carbocycles. The molecule has 0 radical (unpaired) electrons. The van der Waals surface area contributed by atoms with Gasteiger partial charge in [-0.05, 0) is 36.8 Å². The Kier molecular flexibility index (Phi) is 3.18. The fourth-order valence-corrected chi connectivity index (χ4v) is 2.42. The third-order valence-electron chi connectivity index (χ3n) is 3.16. The van der Waals surface area contributed by atoms with E-state index in [2.05, 4.69) is 4.98 Å². The first kappa shape index (κ1) is 13.1. The van der Waals surface area contributed by atoms with Crippen LogP contribution in [0.4, 0.5) is 8.78 Å². The lowest BCUT2D eigenvalue weighted by atomic mass is 10.2. The molecular formula is C15H11ClF2N2. The van der Waals surface area contributed by atoms with Crippen LogP contribution in [0.3, 0.4) is 0 Å². The molecule has 3 rings (SSSR count). The molecule has 1 aromatic heterocycles. The predicted octanol–water partition coefficient (Wildman–Crippen LogP) is 4.35. The van der Waals surface area contributed by atoms with Gasteiger partial charge in [-0.3, -0.25) is 4.57 Å². The minimum absolute atomic E-state index is 0.187. The molecule has 0 aliphatic rings. The number of hydrogen-bond donors (Lipinski definition) is 0. The van der Waals surface area contributed by atoms with E-state index in [1.165, 1.54) is 6.07 Å². The number of rotatable bonds is 2. The zero-order valence-corrected chi connectivity index (χ0v) is 11.5. The van der Waals surface area contributed by atoms with Crippen molar-refractivity contribution in [2.24, 2.45) is 0 Å². The van der Waals surface area contributed by atoms with E-state index in [1.807, 2.05) is 25.1 Å². The molecule has 0 saturated heterocycles. The first-order valence-corrected chi connectivity index (χ1v) is 6.63. The van der Waals surface area contributed by atoms with Crippen LogP contribution in [0.5, 0.6) is 0 Å². The van der Waals surface area contributed by atoms with Gasteiger partial charge in [0, 0.05) is 6.07 Å². The monoisotopic (exact) mass is 292 g/mol. The van der Waals surface area contributed by atoms with Crippen molar-refractivity contribution in [3.8, 4) is 5.69 Å². The molecule has 102 valence electrons. The van der Waals surface area contributed by atoms with Crippen molar-refractivity contribution in [3.05, 3.63) is 59.4 Å². The van der Waals surface area contributed by atoms with Gasteiger partial charge in [0.05, 0.1) is 22.6 Å². The Bertz CT molecular complexity index is 796. The molecular weight excluding hydrogens is 282 g/mol. The maximum Gasteiger partial charge on any atom is 0.160 e. The van der Waals surface area contributed by atoms with Gasteiger partial charge in [-0.15, -0.1) is 11.6 Å². The zero-order chi connectivity index (χ0) is 14.3. The summed E-state index contributed by atoms with van der Waals surface area (Å²) in [5.74, 6) is -0.982. The van der Waals surface area contributed by atoms with E-state index in [4.69, 9.17) is 11.6 Å². The summed E-state index contributed by atoms with van der Waals surface area (Å²) in [4.78, 5) is 4.44. The van der Waals surface area contributed by atoms with Crippen LogP contribution in [0.15, 0.2) is 36.4 Å². The van der Waals surface area contributed by atoms with Gasteiger partial charge in [-0.1, -0.05) is 6.07 Å². The molecule has 0 spiro atoms. The molecule has 5 heteroatoms. The molecule has 0 atom stereocenters. The summed E-state index contributed by atoms with van der Waals surface area (Å²) in [5.41, 5.74) is 3.18. The quantitative estimate of drug-likeness (QED) is 0.642. The Morgan fingerprint density at radius 3 is 2.60 bits per heavy atom. The standard InChI is InChI=1S/C15H11ClF2N2/c1-9-2-5-14-13(6-9)19-15(8-16)20(14)10-3-4-11(17)12(18)7-10/h2-7H,8H2,1H3. The second kappa shape index (κ2) is 4.87. The molecule has 0 fully saturated rings. The normalized spacial score (nSPS) is 11.2. The van der Waals surface area contributed by atoms with E-state index in [1.54, 1.807) is 4.57 Å². The highest BCUT2D eigenvalue weighted by atomic mass is 35.5. The van der Waals surface area contributed by atoms with Gasteiger partial charge in [-0.25, -0.2) is 13.8 Å². The number of benzene rings is 2. The molecule has 1 heterocycles. The van der Waals surface area contributed by atoms with E-state index in [-0.39, 0.29) is 5.88 Å². The average molecular weight is 293 g/mol. The summed E-state index contributed by atoms with van der Waals surface area (Å²) < 4.78 is 28.2. The van der Waals surface area contributed by atoms with Gasteiger partial charge in [0.15, 0.2) is 11.6 Å². The van der Waals surface area contributed by atoms with E-state index < -0.39 is 11.6 Å². The smallest absolute Gasteiger partial charge is 0.160 e. The number of halogens is 3. The number of imidazole rings is 1. The lowest BCUT2D eigenvalue weighted by molar-refractivity contribution is 0.508. The molecule has 0 N–H and O–H groups in total. The first-order valence-electron chi connectivity index (χ1n) is 6.09. The molecule has 0 bridgehead atoms. The van der Waals surface area contributed by atoms with Crippen LogP contribution in [0.2, 0.25) is 0 Å². The minimum atomic E-state index is -0.892. The lowest BCUT2D eigenvalue weighted by Gasteiger charge is -2.08. The summed E-state index contributed by atoms with van der Waals surface area (Å²) in [6.45, 7) is 1.97.